The van der Waals surface area contributed by atoms with Crippen LogP contribution in [0.4, 0.5) is 11.5 Å². The van der Waals surface area contributed by atoms with Gasteiger partial charge in [0.05, 0.1) is 11.6 Å². The van der Waals surface area contributed by atoms with Crippen LogP contribution in [-0.2, 0) is 4.79 Å². The van der Waals surface area contributed by atoms with E-state index in [1.807, 2.05) is 49.7 Å². The fraction of sp³-hybridized carbons (Fsp3) is 0.391. The third-order valence-electron chi connectivity index (χ3n) is 5.62. The van der Waals surface area contributed by atoms with Gasteiger partial charge in [-0.1, -0.05) is 17.7 Å². The topological polar surface area (TPSA) is 75.9 Å². The summed E-state index contributed by atoms with van der Waals surface area (Å²) in [4.78, 5) is 24.0. The maximum Gasteiger partial charge on any atom is 0.229 e. The van der Waals surface area contributed by atoms with Crippen molar-refractivity contribution in [2.45, 2.75) is 40.5 Å². The number of aryl methyl sites for hydroxylation is 4. The standard InChI is InChI=1S/C23H28N6O/c1-15-7-8-20(16(2)10-15)26-23(30)19-6-5-9-28(13-19)21-12-22(25-14-24-21)29-18(4)11-17(3)27-29/h7-8,10-12,14,19H,5-6,9,13H2,1-4H3,(H,26,30). The van der Waals surface area contributed by atoms with Crippen LogP contribution in [0, 0.1) is 33.6 Å². The fourth-order valence-corrected chi connectivity index (χ4v) is 4.07. The van der Waals surface area contributed by atoms with Crippen molar-refractivity contribution in [3.8, 4) is 5.82 Å². The van der Waals surface area contributed by atoms with Crippen molar-refractivity contribution in [1.82, 2.24) is 19.7 Å². The third-order valence-corrected chi connectivity index (χ3v) is 5.62. The largest absolute Gasteiger partial charge is 0.356 e. The van der Waals surface area contributed by atoms with Crippen LogP contribution in [-0.4, -0.2) is 38.7 Å². The minimum absolute atomic E-state index is 0.0690. The molecule has 1 aliphatic heterocycles. The maximum atomic E-state index is 12.9. The molecule has 7 heteroatoms. The van der Waals surface area contributed by atoms with Crippen molar-refractivity contribution in [1.29, 1.82) is 0 Å². The molecule has 4 rings (SSSR count). The number of benzene rings is 1. The number of hydrogen-bond donors (Lipinski definition) is 1. The molecule has 0 radical (unpaired) electrons. The molecule has 1 atom stereocenters. The normalized spacial score (nSPS) is 16.5. The highest BCUT2D eigenvalue weighted by Crippen LogP contribution is 2.25. The highest BCUT2D eigenvalue weighted by Gasteiger charge is 2.27. The van der Waals surface area contributed by atoms with Crippen LogP contribution >= 0.6 is 0 Å². The molecule has 30 heavy (non-hydrogen) atoms. The average molecular weight is 405 g/mol. The highest BCUT2D eigenvalue weighted by atomic mass is 16.1. The molecule has 7 nitrogen and oxygen atoms in total. The second-order valence-electron chi connectivity index (χ2n) is 8.17. The molecule has 1 N–H and O–H groups in total. The Labute approximate surface area is 177 Å². The third kappa shape index (κ3) is 4.20. The van der Waals surface area contributed by atoms with E-state index in [0.29, 0.717) is 6.54 Å². The summed E-state index contributed by atoms with van der Waals surface area (Å²) in [6.07, 6.45) is 3.40. The van der Waals surface area contributed by atoms with Gasteiger partial charge in [0.15, 0.2) is 5.82 Å². The number of carbonyl (C=O) groups is 1. The first-order valence-electron chi connectivity index (χ1n) is 10.4. The Morgan fingerprint density at radius 2 is 1.87 bits per heavy atom. The Morgan fingerprint density at radius 3 is 2.60 bits per heavy atom. The van der Waals surface area contributed by atoms with Crippen LogP contribution in [0.2, 0.25) is 0 Å². The molecule has 3 aromatic rings. The second-order valence-corrected chi connectivity index (χ2v) is 8.17. The van der Waals surface area contributed by atoms with Crippen molar-refractivity contribution in [2.75, 3.05) is 23.3 Å². The summed E-state index contributed by atoms with van der Waals surface area (Å²) in [5.74, 6) is 1.56. The Kier molecular flexibility index (Phi) is 5.53. The van der Waals surface area contributed by atoms with Gasteiger partial charge in [-0.25, -0.2) is 14.6 Å². The molecule has 2 aromatic heterocycles. The molecule has 1 unspecified atom stereocenters. The summed E-state index contributed by atoms with van der Waals surface area (Å²) >= 11 is 0. The summed E-state index contributed by atoms with van der Waals surface area (Å²) in [6.45, 7) is 9.58. The number of anilines is 2. The van der Waals surface area contributed by atoms with Crippen LogP contribution in [0.5, 0.6) is 0 Å². The minimum atomic E-state index is -0.0773. The first kappa shape index (κ1) is 20.1. The summed E-state index contributed by atoms with van der Waals surface area (Å²) < 4.78 is 1.83. The van der Waals surface area contributed by atoms with Gasteiger partial charge < -0.3 is 10.2 Å². The van der Waals surface area contributed by atoms with Crippen LogP contribution in [0.15, 0.2) is 36.7 Å². The number of aromatic nitrogens is 4. The SMILES string of the molecule is Cc1ccc(NC(=O)C2CCCN(c3cc(-n4nc(C)cc4C)ncn3)C2)c(C)c1. The van der Waals surface area contributed by atoms with E-state index in [1.54, 1.807) is 6.33 Å². The van der Waals surface area contributed by atoms with Gasteiger partial charge in [0.2, 0.25) is 5.91 Å². The molecular formula is C23H28N6O. The fourth-order valence-electron chi connectivity index (χ4n) is 4.07. The number of rotatable bonds is 4. The van der Waals surface area contributed by atoms with Crippen LogP contribution in [0.25, 0.3) is 5.82 Å². The monoisotopic (exact) mass is 404 g/mol. The molecular weight excluding hydrogens is 376 g/mol. The predicted octanol–water partition coefficient (Wildman–Crippen LogP) is 3.75. The smallest absolute Gasteiger partial charge is 0.229 e. The van der Waals surface area contributed by atoms with Gasteiger partial charge >= 0.3 is 0 Å². The van der Waals surface area contributed by atoms with Gasteiger partial charge in [0.25, 0.3) is 0 Å². The van der Waals surface area contributed by atoms with Gasteiger partial charge in [-0.3, -0.25) is 4.79 Å². The summed E-state index contributed by atoms with van der Waals surface area (Å²) in [5, 5.41) is 7.63. The first-order chi connectivity index (χ1) is 14.4. The Hall–Kier alpha value is -3.22. The van der Waals surface area contributed by atoms with E-state index in [1.165, 1.54) is 5.56 Å². The van der Waals surface area contributed by atoms with E-state index >= 15 is 0 Å². The lowest BCUT2D eigenvalue weighted by Gasteiger charge is -2.33. The molecule has 3 heterocycles. The molecule has 0 saturated carbocycles. The number of carbonyl (C=O) groups excluding carboxylic acids is 1. The lowest BCUT2D eigenvalue weighted by atomic mass is 9.96. The lowest BCUT2D eigenvalue weighted by molar-refractivity contribution is -0.120. The van der Waals surface area contributed by atoms with Crippen LogP contribution in [0.1, 0.15) is 35.4 Å². The summed E-state index contributed by atoms with van der Waals surface area (Å²) in [6, 6.07) is 10.1. The lowest BCUT2D eigenvalue weighted by Crippen LogP contribution is -2.41. The van der Waals surface area contributed by atoms with Crippen molar-refractivity contribution >= 4 is 17.4 Å². The quantitative estimate of drug-likeness (QED) is 0.717. The van der Waals surface area contributed by atoms with Gasteiger partial charge in [-0.15, -0.1) is 0 Å². The van der Waals surface area contributed by atoms with Gasteiger partial charge in [-0.2, -0.15) is 5.10 Å². The number of nitrogens with zero attached hydrogens (tertiary/aromatic N) is 5. The van der Waals surface area contributed by atoms with Gasteiger partial charge in [0.1, 0.15) is 12.1 Å². The summed E-state index contributed by atoms with van der Waals surface area (Å²) in [7, 11) is 0. The van der Waals surface area contributed by atoms with Crippen molar-refractivity contribution in [3.05, 3.63) is 59.2 Å². The zero-order chi connectivity index (χ0) is 21.3. The van der Waals surface area contributed by atoms with Gasteiger partial charge in [0, 0.05) is 30.5 Å². The number of hydrogen-bond acceptors (Lipinski definition) is 5. The van der Waals surface area contributed by atoms with Gasteiger partial charge in [-0.05, 0) is 58.2 Å². The molecule has 0 aliphatic carbocycles. The zero-order valence-electron chi connectivity index (χ0n) is 18.0. The van der Waals surface area contributed by atoms with Crippen LogP contribution in [0.3, 0.4) is 0 Å². The minimum Gasteiger partial charge on any atom is -0.356 e. The van der Waals surface area contributed by atoms with Crippen LogP contribution < -0.4 is 10.2 Å². The van der Waals surface area contributed by atoms with E-state index in [0.717, 1.165) is 53.7 Å². The van der Waals surface area contributed by atoms with E-state index in [-0.39, 0.29) is 11.8 Å². The average Bonchev–Trinajstić information content (AvgIpc) is 3.08. The Morgan fingerprint density at radius 1 is 1.07 bits per heavy atom. The predicted molar refractivity (Wildman–Crippen MR) is 118 cm³/mol. The second kappa shape index (κ2) is 8.26. The van der Waals surface area contributed by atoms with E-state index in [2.05, 4.69) is 38.3 Å². The van der Waals surface area contributed by atoms with E-state index in [9.17, 15) is 4.79 Å². The summed E-state index contributed by atoms with van der Waals surface area (Å²) in [5.41, 5.74) is 5.14. The Bertz CT molecular complexity index is 1070. The van der Waals surface area contributed by atoms with Crippen molar-refractivity contribution in [3.63, 3.8) is 0 Å². The molecule has 0 spiro atoms. The van der Waals surface area contributed by atoms with Crippen molar-refractivity contribution in [2.24, 2.45) is 5.92 Å². The molecule has 1 saturated heterocycles. The number of nitrogens with one attached hydrogen (secondary N) is 1. The molecule has 0 bridgehead atoms. The zero-order valence-corrected chi connectivity index (χ0v) is 18.0. The molecule has 1 fully saturated rings. The first-order valence-corrected chi connectivity index (χ1v) is 10.4. The number of piperidine rings is 1. The molecule has 1 aromatic carbocycles. The number of amides is 1. The highest BCUT2D eigenvalue weighted by molar-refractivity contribution is 5.93. The Balaban J connectivity index is 1.49. The molecule has 1 aliphatic rings. The molecule has 156 valence electrons. The maximum absolute atomic E-state index is 12.9. The van der Waals surface area contributed by atoms with E-state index in [4.69, 9.17) is 0 Å². The molecule has 1 amide bonds. The van der Waals surface area contributed by atoms with Crippen molar-refractivity contribution < 1.29 is 4.79 Å². The van der Waals surface area contributed by atoms with E-state index < -0.39 is 0 Å².